The first-order valence-electron chi connectivity index (χ1n) is 7.41. The molecule has 112 valence electrons. The maximum atomic E-state index is 6.19. The lowest BCUT2D eigenvalue weighted by atomic mass is 10.1. The molecule has 5 nitrogen and oxygen atoms in total. The van der Waals surface area contributed by atoms with Crippen molar-refractivity contribution >= 4 is 29.9 Å². The van der Waals surface area contributed by atoms with Crippen LogP contribution in [-0.2, 0) is 13.0 Å². The summed E-state index contributed by atoms with van der Waals surface area (Å²) in [4.78, 5) is 11.4. The lowest BCUT2D eigenvalue weighted by Crippen LogP contribution is -2.39. The summed E-state index contributed by atoms with van der Waals surface area (Å²) in [7, 11) is 0. The molecular formula is C14H24IN5. The van der Waals surface area contributed by atoms with E-state index in [1.807, 2.05) is 12.4 Å². The third-order valence-corrected chi connectivity index (χ3v) is 4.17. The van der Waals surface area contributed by atoms with E-state index in [0.29, 0.717) is 6.04 Å². The monoisotopic (exact) mass is 389 g/mol. The van der Waals surface area contributed by atoms with E-state index in [-0.39, 0.29) is 24.0 Å². The highest BCUT2D eigenvalue weighted by Crippen LogP contribution is 2.17. The third-order valence-electron chi connectivity index (χ3n) is 4.17. The van der Waals surface area contributed by atoms with Crippen molar-refractivity contribution in [3.63, 3.8) is 0 Å². The predicted molar refractivity (Wildman–Crippen MR) is 91.4 cm³/mol. The van der Waals surface area contributed by atoms with Gasteiger partial charge in [0.05, 0.1) is 6.04 Å². The first-order chi connectivity index (χ1) is 9.33. The Kier molecular flexibility index (Phi) is 5.68. The van der Waals surface area contributed by atoms with Crippen LogP contribution in [0.2, 0.25) is 0 Å². The SMILES string of the molecule is I.NC(=NC1CCn2ccnc2C1)N1CCCCCC1. The minimum absolute atomic E-state index is 0. The number of hydrogen-bond donors (Lipinski definition) is 1. The number of nitrogens with zero attached hydrogens (tertiary/aromatic N) is 4. The number of likely N-dealkylation sites (tertiary alicyclic amines) is 1. The molecule has 0 spiro atoms. The first kappa shape index (κ1) is 15.6. The van der Waals surface area contributed by atoms with Crippen LogP contribution in [0, 0.1) is 0 Å². The van der Waals surface area contributed by atoms with Crippen LogP contribution in [-0.4, -0.2) is 39.5 Å². The van der Waals surface area contributed by atoms with Crippen LogP contribution < -0.4 is 5.73 Å². The molecule has 0 bridgehead atoms. The predicted octanol–water partition coefficient (Wildman–Crippen LogP) is 2.01. The van der Waals surface area contributed by atoms with Crippen molar-refractivity contribution in [1.29, 1.82) is 0 Å². The third kappa shape index (κ3) is 3.65. The molecule has 1 unspecified atom stereocenters. The van der Waals surface area contributed by atoms with E-state index in [1.165, 1.54) is 25.7 Å². The Morgan fingerprint density at radius 3 is 2.70 bits per heavy atom. The van der Waals surface area contributed by atoms with Crippen LogP contribution in [0.5, 0.6) is 0 Å². The van der Waals surface area contributed by atoms with Gasteiger partial charge in [-0.3, -0.25) is 0 Å². The van der Waals surface area contributed by atoms with Crippen molar-refractivity contribution in [1.82, 2.24) is 14.5 Å². The zero-order valence-corrected chi connectivity index (χ0v) is 14.2. The summed E-state index contributed by atoms with van der Waals surface area (Å²) in [5.41, 5.74) is 6.19. The number of aromatic nitrogens is 2. The zero-order chi connectivity index (χ0) is 13.1. The van der Waals surface area contributed by atoms with Gasteiger partial charge >= 0.3 is 0 Å². The van der Waals surface area contributed by atoms with Gasteiger partial charge in [-0.25, -0.2) is 9.98 Å². The Labute approximate surface area is 137 Å². The van der Waals surface area contributed by atoms with E-state index in [9.17, 15) is 0 Å². The fraction of sp³-hybridized carbons (Fsp3) is 0.714. The van der Waals surface area contributed by atoms with Gasteiger partial charge in [0.15, 0.2) is 5.96 Å². The number of rotatable bonds is 1. The maximum absolute atomic E-state index is 6.19. The molecule has 6 heteroatoms. The number of halogens is 1. The summed E-state index contributed by atoms with van der Waals surface area (Å²) in [5.74, 6) is 1.88. The molecule has 2 aliphatic rings. The van der Waals surface area contributed by atoms with Crippen molar-refractivity contribution in [3.8, 4) is 0 Å². The minimum Gasteiger partial charge on any atom is -0.370 e. The number of aryl methyl sites for hydroxylation is 1. The molecule has 1 saturated heterocycles. The Morgan fingerprint density at radius 2 is 1.95 bits per heavy atom. The number of guanidine groups is 1. The van der Waals surface area contributed by atoms with Gasteiger partial charge in [0.25, 0.3) is 0 Å². The molecule has 3 rings (SSSR count). The summed E-state index contributed by atoms with van der Waals surface area (Å²) < 4.78 is 2.22. The molecule has 0 aliphatic carbocycles. The summed E-state index contributed by atoms with van der Waals surface area (Å²) >= 11 is 0. The van der Waals surface area contributed by atoms with Gasteiger partial charge in [-0.1, -0.05) is 12.8 Å². The molecule has 0 saturated carbocycles. The fourth-order valence-electron chi connectivity index (χ4n) is 3.01. The van der Waals surface area contributed by atoms with Crippen molar-refractivity contribution in [3.05, 3.63) is 18.2 Å². The largest absolute Gasteiger partial charge is 0.370 e. The Morgan fingerprint density at radius 1 is 1.20 bits per heavy atom. The van der Waals surface area contributed by atoms with Crippen LogP contribution in [0.1, 0.15) is 37.9 Å². The number of hydrogen-bond acceptors (Lipinski definition) is 2. The second kappa shape index (κ2) is 7.28. The van der Waals surface area contributed by atoms with Gasteiger partial charge in [-0.05, 0) is 19.3 Å². The average Bonchev–Trinajstić information content (AvgIpc) is 2.71. The standard InChI is InChI=1S/C14H23N5.HI/c15-14(19-7-3-1-2-4-8-19)17-12-5-9-18-10-6-16-13(18)11-12;/h6,10,12H,1-5,7-9,11H2,(H2,15,17);1H. The zero-order valence-electron chi connectivity index (χ0n) is 11.9. The van der Waals surface area contributed by atoms with Crippen molar-refractivity contribution in [2.75, 3.05) is 13.1 Å². The van der Waals surface area contributed by atoms with E-state index in [4.69, 9.17) is 10.7 Å². The summed E-state index contributed by atoms with van der Waals surface area (Å²) in [6.45, 7) is 3.14. The van der Waals surface area contributed by atoms with Gasteiger partial charge in [-0.2, -0.15) is 0 Å². The van der Waals surface area contributed by atoms with Gasteiger partial charge in [-0.15, -0.1) is 24.0 Å². The highest BCUT2D eigenvalue weighted by Gasteiger charge is 2.20. The molecule has 0 radical (unpaired) electrons. The summed E-state index contributed by atoms with van der Waals surface area (Å²) in [6, 6.07) is 0.304. The van der Waals surface area contributed by atoms with Crippen LogP contribution >= 0.6 is 24.0 Å². The second-order valence-electron chi connectivity index (χ2n) is 5.57. The van der Waals surface area contributed by atoms with Gasteiger partial charge in [0.1, 0.15) is 5.82 Å². The van der Waals surface area contributed by atoms with Crippen LogP contribution in [0.15, 0.2) is 17.4 Å². The molecule has 1 aromatic rings. The highest BCUT2D eigenvalue weighted by atomic mass is 127. The van der Waals surface area contributed by atoms with E-state index < -0.39 is 0 Å². The lowest BCUT2D eigenvalue weighted by molar-refractivity contribution is 0.414. The quantitative estimate of drug-likeness (QED) is 0.454. The summed E-state index contributed by atoms with van der Waals surface area (Å²) in [5, 5.41) is 0. The molecule has 2 N–H and O–H groups in total. The van der Waals surface area contributed by atoms with E-state index in [2.05, 4.69) is 14.5 Å². The molecular weight excluding hydrogens is 365 g/mol. The number of fused-ring (bicyclic) bond motifs is 1. The smallest absolute Gasteiger partial charge is 0.191 e. The van der Waals surface area contributed by atoms with E-state index in [0.717, 1.165) is 44.3 Å². The molecule has 20 heavy (non-hydrogen) atoms. The van der Waals surface area contributed by atoms with E-state index in [1.54, 1.807) is 0 Å². The van der Waals surface area contributed by atoms with Crippen molar-refractivity contribution < 1.29 is 0 Å². The first-order valence-corrected chi connectivity index (χ1v) is 7.41. The Hall–Kier alpha value is -0.790. The maximum Gasteiger partial charge on any atom is 0.191 e. The van der Waals surface area contributed by atoms with Crippen LogP contribution in [0.3, 0.4) is 0 Å². The van der Waals surface area contributed by atoms with Gasteiger partial charge < -0.3 is 15.2 Å². The second-order valence-corrected chi connectivity index (χ2v) is 5.57. The molecule has 2 aliphatic heterocycles. The molecule has 1 atom stereocenters. The topological polar surface area (TPSA) is 59.4 Å². The number of nitrogens with two attached hydrogens (primary N) is 1. The van der Waals surface area contributed by atoms with E-state index >= 15 is 0 Å². The van der Waals surface area contributed by atoms with Crippen molar-refractivity contribution in [2.45, 2.75) is 51.1 Å². The molecule has 1 aromatic heterocycles. The summed E-state index contributed by atoms with van der Waals surface area (Å²) in [6.07, 6.45) is 11.0. The van der Waals surface area contributed by atoms with Crippen LogP contribution in [0.4, 0.5) is 0 Å². The van der Waals surface area contributed by atoms with Crippen LogP contribution in [0.25, 0.3) is 0 Å². The molecule has 1 fully saturated rings. The minimum atomic E-state index is 0. The highest BCUT2D eigenvalue weighted by molar-refractivity contribution is 14.0. The lowest BCUT2D eigenvalue weighted by Gasteiger charge is -2.25. The molecule has 0 aromatic carbocycles. The number of aliphatic imine (C=N–C) groups is 1. The Balaban J connectivity index is 0.00000147. The fourth-order valence-corrected chi connectivity index (χ4v) is 3.01. The normalized spacial score (nSPS) is 23.7. The molecule has 3 heterocycles. The average molecular weight is 389 g/mol. The Bertz CT molecular complexity index is 448. The number of imidazole rings is 1. The van der Waals surface area contributed by atoms with Crippen molar-refractivity contribution in [2.24, 2.45) is 10.7 Å². The van der Waals surface area contributed by atoms with Gasteiger partial charge in [0.2, 0.25) is 0 Å². The molecule has 0 amide bonds. The van der Waals surface area contributed by atoms with Gasteiger partial charge in [0, 0.05) is 38.4 Å².